The van der Waals surface area contributed by atoms with Gasteiger partial charge in [0.15, 0.2) is 5.65 Å². The quantitative estimate of drug-likeness (QED) is 0.697. The van der Waals surface area contributed by atoms with Gasteiger partial charge in [0.1, 0.15) is 11.3 Å². The van der Waals surface area contributed by atoms with E-state index in [9.17, 15) is 4.79 Å². The SMILES string of the molecule is CCOC(=O)c1cc2nc(-c3ccccc3)n(C)c2nc1C. The maximum atomic E-state index is 12.0. The van der Waals surface area contributed by atoms with E-state index < -0.39 is 0 Å². The second-order valence-corrected chi connectivity index (χ2v) is 5.04. The van der Waals surface area contributed by atoms with Crippen molar-refractivity contribution in [2.45, 2.75) is 13.8 Å². The molecular weight excluding hydrogens is 278 g/mol. The van der Waals surface area contributed by atoms with Crippen molar-refractivity contribution < 1.29 is 9.53 Å². The van der Waals surface area contributed by atoms with Crippen LogP contribution in [0.15, 0.2) is 36.4 Å². The van der Waals surface area contributed by atoms with Crippen molar-refractivity contribution in [1.29, 1.82) is 0 Å². The fraction of sp³-hybridized carbons (Fsp3) is 0.235. The van der Waals surface area contributed by atoms with E-state index in [2.05, 4.69) is 9.97 Å². The molecule has 0 amide bonds. The van der Waals surface area contributed by atoms with Crippen molar-refractivity contribution >= 4 is 17.1 Å². The monoisotopic (exact) mass is 295 g/mol. The molecule has 3 aromatic rings. The molecule has 0 saturated carbocycles. The molecule has 0 radical (unpaired) electrons. The second kappa shape index (κ2) is 5.60. The molecular formula is C17H17N3O2. The first kappa shape index (κ1) is 14.3. The molecule has 22 heavy (non-hydrogen) atoms. The Labute approximate surface area is 128 Å². The van der Waals surface area contributed by atoms with Crippen molar-refractivity contribution in [1.82, 2.24) is 14.5 Å². The van der Waals surface area contributed by atoms with E-state index in [1.54, 1.807) is 19.9 Å². The van der Waals surface area contributed by atoms with Gasteiger partial charge in [0.25, 0.3) is 0 Å². The fourth-order valence-electron chi connectivity index (χ4n) is 2.46. The van der Waals surface area contributed by atoms with E-state index in [0.29, 0.717) is 23.4 Å². The molecule has 0 atom stereocenters. The summed E-state index contributed by atoms with van der Waals surface area (Å²) in [5, 5.41) is 0. The van der Waals surface area contributed by atoms with Crippen LogP contribution in [-0.2, 0) is 11.8 Å². The van der Waals surface area contributed by atoms with Crippen molar-refractivity contribution in [2.24, 2.45) is 7.05 Å². The number of carbonyl (C=O) groups excluding carboxylic acids is 1. The number of hydrogen-bond acceptors (Lipinski definition) is 4. The van der Waals surface area contributed by atoms with Crippen LogP contribution in [-0.4, -0.2) is 27.1 Å². The lowest BCUT2D eigenvalue weighted by molar-refractivity contribution is 0.0525. The van der Waals surface area contributed by atoms with Gasteiger partial charge < -0.3 is 9.30 Å². The van der Waals surface area contributed by atoms with Gasteiger partial charge in [-0.25, -0.2) is 14.8 Å². The van der Waals surface area contributed by atoms with Gasteiger partial charge in [-0.2, -0.15) is 0 Å². The molecule has 5 heteroatoms. The third kappa shape index (κ3) is 2.35. The van der Waals surface area contributed by atoms with E-state index in [0.717, 1.165) is 17.0 Å². The minimum Gasteiger partial charge on any atom is -0.462 e. The Morgan fingerprint density at radius 2 is 1.95 bits per heavy atom. The Balaban J connectivity index is 2.16. The highest BCUT2D eigenvalue weighted by Crippen LogP contribution is 2.24. The number of carbonyl (C=O) groups is 1. The largest absolute Gasteiger partial charge is 0.462 e. The van der Waals surface area contributed by atoms with Crippen molar-refractivity contribution in [3.8, 4) is 11.4 Å². The number of benzene rings is 1. The first-order valence-electron chi connectivity index (χ1n) is 7.18. The molecule has 0 N–H and O–H groups in total. The number of aryl methyl sites for hydroxylation is 2. The van der Waals surface area contributed by atoms with Crippen LogP contribution >= 0.6 is 0 Å². The van der Waals surface area contributed by atoms with Gasteiger partial charge in [0, 0.05) is 12.6 Å². The highest BCUT2D eigenvalue weighted by Gasteiger charge is 2.17. The van der Waals surface area contributed by atoms with Crippen LogP contribution in [0.25, 0.3) is 22.6 Å². The number of fused-ring (bicyclic) bond motifs is 1. The summed E-state index contributed by atoms with van der Waals surface area (Å²) in [5.41, 5.74) is 3.57. The molecule has 0 bridgehead atoms. The van der Waals surface area contributed by atoms with Crippen LogP contribution in [0, 0.1) is 6.92 Å². The number of ether oxygens (including phenoxy) is 1. The Hall–Kier alpha value is -2.69. The summed E-state index contributed by atoms with van der Waals surface area (Å²) in [5.74, 6) is 0.463. The summed E-state index contributed by atoms with van der Waals surface area (Å²) in [6.45, 7) is 3.93. The molecule has 0 aliphatic rings. The summed E-state index contributed by atoms with van der Waals surface area (Å²) in [6, 6.07) is 11.7. The number of rotatable bonds is 3. The number of nitrogens with zero attached hydrogens (tertiary/aromatic N) is 3. The molecule has 5 nitrogen and oxygen atoms in total. The first-order valence-corrected chi connectivity index (χ1v) is 7.18. The molecule has 112 valence electrons. The van der Waals surface area contributed by atoms with Crippen LogP contribution in [0.4, 0.5) is 0 Å². The minimum atomic E-state index is -0.360. The number of aromatic nitrogens is 3. The summed E-state index contributed by atoms with van der Waals surface area (Å²) in [7, 11) is 1.92. The zero-order chi connectivity index (χ0) is 15.7. The smallest absolute Gasteiger partial charge is 0.340 e. The van der Waals surface area contributed by atoms with Crippen molar-refractivity contribution in [3.63, 3.8) is 0 Å². The lowest BCUT2D eigenvalue weighted by Crippen LogP contribution is -2.08. The van der Waals surface area contributed by atoms with E-state index in [4.69, 9.17) is 4.74 Å². The highest BCUT2D eigenvalue weighted by molar-refractivity contribution is 5.94. The Kier molecular flexibility index (Phi) is 3.63. The fourth-order valence-corrected chi connectivity index (χ4v) is 2.46. The highest BCUT2D eigenvalue weighted by atomic mass is 16.5. The topological polar surface area (TPSA) is 57.0 Å². The summed E-state index contributed by atoms with van der Waals surface area (Å²) >= 11 is 0. The normalized spacial score (nSPS) is 10.9. The molecule has 0 saturated heterocycles. The van der Waals surface area contributed by atoms with Crippen LogP contribution in [0.5, 0.6) is 0 Å². The molecule has 3 rings (SSSR count). The summed E-state index contributed by atoms with van der Waals surface area (Å²) < 4.78 is 7.00. The Bertz CT molecular complexity index is 838. The van der Waals surface area contributed by atoms with Gasteiger partial charge in [-0.15, -0.1) is 0 Å². The predicted molar refractivity (Wildman–Crippen MR) is 84.6 cm³/mol. The van der Waals surface area contributed by atoms with Gasteiger partial charge in [-0.3, -0.25) is 0 Å². The van der Waals surface area contributed by atoms with Gasteiger partial charge in [-0.05, 0) is 19.9 Å². The lowest BCUT2D eigenvalue weighted by Gasteiger charge is -2.05. The molecule has 1 aromatic carbocycles. The first-order chi connectivity index (χ1) is 10.6. The van der Waals surface area contributed by atoms with Gasteiger partial charge in [0.2, 0.25) is 0 Å². The second-order valence-electron chi connectivity index (χ2n) is 5.04. The number of pyridine rings is 1. The molecule has 2 aromatic heterocycles. The third-order valence-corrected chi connectivity index (χ3v) is 3.56. The molecule has 0 spiro atoms. The standard InChI is InChI=1S/C17H17N3O2/c1-4-22-17(21)13-10-14-16(18-11(13)2)20(3)15(19-14)12-8-6-5-7-9-12/h5-10H,4H2,1-3H3. The molecule has 0 aliphatic carbocycles. The maximum absolute atomic E-state index is 12.0. The van der Waals surface area contributed by atoms with E-state index in [1.807, 2.05) is 41.9 Å². The molecule has 0 fully saturated rings. The number of esters is 1. The Morgan fingerprint density at radius 3 is 2.64 bits per heavy atom. The predicted octanol–water partition coefficient (Wildman–Crippen LogP) is 3.12. The number of imidazole rings is 1. The summed E-state index contributed by atoms with van der Waals surface area (Å²) in [4.78, 5) is 21.1. The van der Waals surface area contributed by atoms with Gasteiger partial charge in [0.05, 0.1) is 17.9 Å². The van der Waals surface area contributed by atoms with E-state index in [-0.39, 0.29) is 5.97 Å². The van der Waals surface area contributed by atoms with E-state index in [1.165, 1.54) is 0 Å². The Morgan fingerprint density at radius 1 is 1.23 bits per heavy atom. The van der Waals surface area contributed by atoms with Crippen molar-refractivity contribution in [2.75, 3.05) is 6.61 Å². The van der Waals surface area contributed by atoms with Gasteiger partial charge in [-0.1, -0.05) is 30.3 Å². The molecule has 0 aliphatic heterocycles. The maximum Gasteiger partial charge on any atom is 0.340 e. The van der Waals surface area contributed by atoms with Gasteiger partial charge >= 0.3 is 5.97 Å². The molecule has 2 heterocycles. The zero-order valence-electron chi connectivity index (χ0n) is 12.8. The van der Waals surface area contributed by atoms with Crippen LogP contribution in [0.3, 0.4) is 0 Å². The average molecular weight is 295 g/mol. The lowest BCUT2D eigenvalue weighted by atomic mass is 10.2. The van der Waals surface area contributed by atoms with E-state index >= 15 is 0 Å². The van der Waals surface area contributed by atoms with Crippen LogP contribution < -0.4 is 0 Å². The van der Waals surface area contributed by atoms with Crippen molar-refractivity contribution in [3.05, 3.63) is 47.7 Å². The number of hydrogen-bond donors (Lipinski definition) is 0. The zero-order valence-corrected chi connectivity index (χ0v) is 12.8. The van der Waals surface area contributed by atoms with Crippen LogP contribution in [0.1, 0.15) is 23.0 Å². The van der Waals surface area contributed by atoms with Crippen LogP contribution in [0.2, 0.25) is 0 Å². The average Bonchev–Trinajstić information content (AvgIpc) is 2.84. The minimum absolute atomic E-state index is 0.341. The summed E-state index contributed by atoms with van der Waals surface area (Å²) in [6.07, 6.45) is 0. The third-order valence-electron chi connectivity index (χ3n) is 3.56. The molecule has 0 unspecified atom stereocenters.